The van der Waals surface area contributed by atoms with Crippen LogP contribution in [0.1, 0.15) is 51.4 Å². The van der Waals surface area contributed by atoms with Gasteiger partial charge in [0.1, 0.15) is 0 Å². The Morgan fingerprint density at radius 3 is 2.54 bits per heavy atom. The molecular formula is C11H21NO. The summed E-state index contributed by atoms with van der Waals surface area (Å²) in [7, 11) is 0. The Labute approximate surface area is 80.7 Å². The van der Waals surface area contributed by atoms with Crippen molar-refractivity contribution in [3.63, 3.8) is 0 Å². The van der Waals surface area contributed by atoms with E-state index in [1.54, 1.807) is 0 Å². The molecule has 2 N–H and O–H groups in total. The van der Waals surface area contributed by atoms with Crippen molar-refractivity contribution in [2.24, 2.45) is 0 Å². The maximum absolute atomic E-state index is 10.4. The highest BCUT2D eigenvalue weighted by Crippen LogP contribution is 2.34. The molecule has 1 heterocycles. The van der Waals surface area contributed by atoms with E-state index in [1.165, 1.54) is 38.5 Å². The van der Waals surface area contributed by atoms with Crippen LogP contribution in [0.15, 0.2) is 0 Å². The summed E-state index contributed by atoms with van der Waals surface area (Å²) in [6.45, 7) is 1.10. The second-order valence-electron chi connectivity index (χ2n) is 4.67. The van der Waals surface area contributed by atoms with Crippen LogP contribution in [0, 0.1) is 0 Å². The molecule has 2 rings (SSSR count). The van der Waals surface area contributed by atoms with Crippen LogP contribution in [0.3, 0.4) is 0 Å². The fraction of sp³-hybridized carbons (Fsp3) is 1.00. The quantitative estimate of drug-likeness (QED) is 0.650. The zero-order valence-corrected chi connectivity index (χ0v) is 8.39. The van der Waals surface area contributed by atoms with Crippen molar-refractivity contribution >= 4 is 0 Å². The molecule has 13 heavy (non-hydrogen) atoms. The molecule has 0 aromatic carbocycles. The van der Waals surface area contributed by atoms with Crippen molar-refractivity contribution in [3.05, 3.63) is 0 Å². The van der Waals surface area contributed by atoms with Crippen LogP contribution in [0.2, 0.25) is 0 Å². The molecule has 76 valence electrons. The first-order chi connectivity index (χ1) is 6.31. The minimum absolute atomic E-state index is 0.357. The Bertz CT molecular complexity index is 155. The first kappa shape index (κ1) is 9.47. The van der Waals surface area contributed by atoms with Gasteiger partial charge in [-0.1, -0.05) is 25.7 Å². The fourth-order valence-electron chi connectivity index (χ4n) is 2.82. The average molecular weight is 183 g/mol. The van der Waals surface area contributed by atoms with E-state index in [0.717, 1.165) is 19.4 Å². The lowest BCUT2D eigenvalue weighted by Crippen LogP contribution is -2.48. The van der Waals surface area contributed by atoms with Gasteiger partial charge in [-0.3, -0.25) is 0 Å². The molecule has 0 amide bonds. The van der Waals surface area contributed by atoms with E-state index in [4.69, 9.17) is 0 Å². The third-order valence-electron chi connectivity index (χ3n) is 3.68. The molecule has 1 saturated carbocycles. The molecule has 0 bridgehead atoms. The molecule has 1 saturated heterocycles. The molecule has 0 radical (unpaired) electrons. The van der Waals surface area contributed by atoms with Crippen LogP contribution < -0.4 is 5.32 Å². The Morgan fingerprint density at radius 2 is 1.77 bits per heavy atom. The van der Waals surface area contributed by atoms with Gasteiger partial charge in [-0.15, -0.1) is 0 Å². The standard InChI is InChI=1S/C11H21NO/c13-11(7-3-4-8-11)10-6-2-1-5-9-12-10/h10,12-13H,1-9H2. The van der Waals surface area contributed by atoms with Gasteiger partial charge in [0.05, 0.1) is 5.60 Å². The number of rotatable bonds is 1. The van der Waals surface area contributed by atoms with Gasteiger partial charge < -0.3 is 10.4 Å². The van der Waals surface area contributed by atoms with Crippen molar-refractivity contribution in [1.29, 1.82) is 0 Å². The van der Waals surface area contributed by atoms with E-state index in [1.807, 2.05) is 0 Å². The molecule has 1 atom stereocenters. The largest absolute Gasteiger partial charge is 0.388 e. The lowest BCUT2D eigenvalue weighted by atomic mass is 9.89. The summed E-state index contributed by atoms with van der Waals surface area (Å²) < 4.78 is 0. The SMILES string of the molecule is OC1(C2CCCCCN2)CCCC1. The molecule has 2 aliphatic rings. The van der Waals surface area contributed by atoms with E-state index in [9.17, 15) is 5.11 Å². The zero-order chi connectivity index (χ0) is 9.15. The Kier molecular flexibility index (Phi) is 2.89. The third-order valence-corrected chi connectivity index (χ3v) is 3.68. The number of aliphatic hydroxyl groups is 1. The normalized spacial score (nSPS) is 34.4. The van der Waals surface area contributed by atoms with Gasteiger partial charge >= 0.3 is 0 Å². The molecule has 0 aromatic rings. The highest BCUT2D eigenvalue weighted by molar-refractivity contribution is 4.95. The van der Waals surface area contributed by atoms with Crippen LogP contribution in [-0.2, 0) is 0 Å². The number of nitrogens with one attached hydrogen (secondary N) is 1. The first-order valence-electron chi connectivity index (χ1n) is 5.77. The third kappa shape index (κ3) is 2.05. The summed E-state index contributed by atoms with van der Waals surface area (Å²) in [5, 5.41) is 13.9. The van der Waals surface area contributed by atoms with Crippen molar-refractivity contribution in [2.75, 3.05) is 6.54 Å². The van der Waals surface area contributed by atoms with Gasteiger partial charge in [0.15, 0.2) is 0 Å². The second kappa shape index (κ2) is 3.97. The predicted molar refractivity (Wildman–Crippen MR) is 53.7 cm³/mol. The van der Waals surface area contributed by atoms with Gasteiger partial charge in [-0.25, -0.2) is 0 Å². The number of hydrogen-bond acceptors (Lipinski definition) is 2. The van der Waals surface area contributed by atoms with Gasteiger partial charge in [0.25, 0.3) is 0 Å². The van der Waals surface area contributed by atoms with E-state index >= 15 is 0 Å². The van der Waals surface area contributed by atoms with E-state index in [-0.39, 0.29) is 5.60 Å². The van der Waals surface area contributed by atoms with Crippen molar-refractivity contribution in [2.45, 2.75) is 63.0 Å². The summed E-state index contributed by atoms with van der Waals surface area (Å²) in [6.07, 6.45) is 9.56. The van der Waals surface area contributed by atoms with E-state index < -0.39 is 0 Å². The Balaban J connectivity index is 1.96. The molecule has 1 aliphatic carbocycles. The smallest absolute Gasteiger partial charge is 0.0800 e. The lowest BCUT2D eigenvalue weighted by molar-refractivity contribution is 0.00663. The monoisotopic (exact) mass is 183 g/mol. The Hall–Kier alpha value is -0.0800. The molecule has 2 nitrogen and oxygen atoms in total. The van der Waals surface area contributed by atoms with Crippen LogP contribution >= 0.6 is 0 Å². The molecular weight excluding hydrogens is 162 g/mol. The van der Waals surface area contributed by atoms with Crippen molar-refractivity contribution in [1.82, 2.24) is 5.32 Å². The second-order valence-corrected chi connectivity index (χ2v) is 4.67. The van der Waals surface area contributed by atoms with Crippen LogP contribution in [0.25, 0.3) is 0 Å². The molecule has 1 aliphatic heterocycles. The molecule has 1 unspecified atom stereocenters. The summed E-state index contributed by atoms with van der Waals surface area (Å²) in [5.74, 6) is 0. The highest BCUT2D eigenvalue weighted by atomic mass is 16.3. The molecule has 0 aromatic heterocycles. The highest BCUT2D eigenvalue weighted by Gasteiger charge is 2.38. The minimum Gasteiger partial charge on any atom is -0.388 e. The number of hydrogen-bond donors (Lipinski definition) is 2. The maximum Gasteiger partial charge on any atom is 0.0800 e. The van der Waals surface area contributed by atoms with Crippen LogP contribution in [0.4, 0.5) is 0 Å². The maximum atomic E-state index is 10.4. The predicted octanol–water partition coefficient (Wildman–Crippen LogP) is 1.82. The zero-order valence-electron chi connectivity index (χ0n) is 8.39. The van der Waals surface area contributed by atoms with Gasteiger partial charge in [0, 0.05) is 6.04 Å². The van der Waals surface area contributed by atoms with Crippen LogP contribution in [-0.4, -0.2) is 23.3 Å². The van der Waals surface area contributed by atoms with Gasteiger partial charge in [0.2, 0.25) is 0 Å². The first-order valence-corrected chi connectivity index (χ1v) is 5.77. The van der Waals surface area contributed by atoms with Crippen molar-refractivity contribution in [3.8, 4) is 0 Å². The summed E-state index contributed by atoms with van der Waals surface area (Å²) in [5.41, 5.74) is -0.357. The minimum atomic E-state index is -0.357. The van der Waals surface area contributed by atoms with Gasteiger partial charge in [-0.05, 0) is 32.2 Å². The molecule has 0 spiro atoms. The molecule has 2 heteroatoms. The van der Waals surface area contributed by atoms with Crippen LogP contribution in [0.5, 0.6) is 0 Å². The van der Waals surface area contributed by atoms with Crippen molar-refractivity contribution < 1.29 is 5.11 Å². The summed E-state index contributed by atoms with van der Waals surface area (Å²) in [6, 6.07) is 0.387. The summed E-state index contributed by atoms with van der Waals surface area (Å²) in [4.78, 5) is 0. The Morgan fingerprint density at radius 1 is 1.00 bits per heavy atom. The fourth-order valence-corrected chi connectivity index (χ4v) is 2.82. The average Bonchev–Trinajstić information content (AvgIpc) is 2.44. The van der Waals surface area contributed by atoms with E-state index in [0.29, 0.717) is 6.04 Å². The summed E-state index contributed by atoms with van der Waals surface area (Å²) >= 11 is 0. The van der Waals surface area contributed by atoms with Gasteiger partial charge in [-0.2, -0.15) is 0 Å². The lowest BCUT2D eigenvalue weighted by Gasteiger charge is -2.32. The topological polar surface area (TPSA) is 32.3 Å². The molecule has 2 fully saturated rings. The van der Waals surface area contributed by atoms with E-state index in [2.05, 4.69) is 5.32 Å².